The summed E-state index contributed by atoms with van der Waals surface area (Å²) >= 11 is 0. The molecule has 9 nitrogen and oxygen atoms in total. The number of aryl methyl sites for hydroxylation is 1. The van der Waals surface area contributed by atoms with E-state index in [0.717, 1.165) is 0 Å². The fourth-order valence-corrected chi connectivity index (χ4v) is 2.12. The van der Waals surface area contributed by atoms with Crippen LogP contribution in [0.1, 0.15) is 10.5 Å². The number of amides is 1. The molecule has 0 fully saturated rings. The lowest BCUT2D eigenvalue weighted by Gasteiger charge is -2.18. The molecule has 1 aliphatic rings. The van der Waals surface area contributed by atoms with Crippen LogP contribution in [0.4, 0.5) is 11.5 Å². The second kappa shape index (κ2) is 5.35. The number of nitrogens with zero attached hydrogens (tertiary/aromatic N) is 3. The van der Waals surface area contributed by atoms with Crippen molar-refractivity contribution >= 4 is 17.4 Å². The highest BCUT2D eigenvalue weighted by atomic mass is 16.6. The van der Waals surface area contributed by atoms with Crippen molar-refractivity contribution in [2.45, 2.75) is 0 Å². The number of nitro groups is 1. The molecule has 0 spiro atoms. The SMILES string of the molecule is Cn1cnc([N+](=O)[O-])c1C(=O)Nc1ccc2c(c1)OCCO2. The summed E-state index contributed by atoms with van der Waals surface area (Å²) in [5.41, 5.74) is 0.324. The Labute approximate surface area is 124 Å². The van der Waals surface area contributed by atoms with Gasteiger partial charge in [0.15, 0.2) is 11.5 Å². The minimum Gasteiger partial charge on any atom is -0.486 e. The van der Waals surface area contributed by atoms with Gasteiger partial charge in [0.2, 0.25) is 12.0 Å². The normalized spacial score (nSPS) is 12.8. The van der Waals surface area contributed by atoms with Gasteiger partial charge in [0.1, 0.15) is 13.2 Å². The van der Waals surface area contributed by atoms with Gasteiger partial charge in [-0.2, -0.15) is 0 Å². The third-order valence-electron chi connectivity index (χ3n) is 3.11. The number of imidazole rings is 1. The molecule has 0 saturated heterocycles. The van der Waals surface area contributed by atoms with E-state index in [1.165, 1.54) is 17.9 Å². The van der Waals surface area contributed by atoms with Crippen molar-refractivity contribution < 1.29 is 19.2 Å². The summed E-state index contributed by atoms with van der Waals surface area (Å²) in [6, 6.07) is 4.91. The molecule has 0 unspecified atom stereocenters. The molecule has 22 heavy (non-hydrogen) atoms. The fourth-order valence-electron chi connectivity index (χ4n) is 2.12. The topological polar surface area (TPSA) is 109 Å². The van der Waals surface area contributed by atoms with Gasteiger partial charge in [-0.05, 0) is 22.0 Å². The quantitative estimate of drug-likeness (QED) is 0.677. The third-order valence-corrected chi connectivity index (χ3v) is 3.11. The van der Waals surface area contributed by atoms with E-state index in [1.807, 2.05) is 0 Å². The van der Waals surface area contributed by atoms with Gasteiger partial charge in [0.05, 0.1) is 0 Å². The Balaban J connectivity index is 1.86. The summed E-state index contributed by atoms with van der Waals surface area (Å²) < 4.78 is 12.1. The van der Waals surface area contributed by atoms with E-state index < -0.39 is 16.6 Å². The second-order valence-electron chi connectivity index (χ2n) is 4.60. The minimum atomic E-state index is -0.696. The number of rotatable bonds is 3. The Hall–Kier alpha value is -3.10. The first-order valence-corrected chi connectivity index (χ1v) is 6.43. The van der Waals surface area contributed by atoms with Gasteiger partial charge in [-0.15, -0.1) is 0 Å². The smallest absolute Gasteiger partial charge is 0.394 e. The van der Waals surface area contributed by atoms with E-state index in [2.05, 4.69) is 10.3 Å². The number of hydrogen-bond acceptors (Lipinski definition) is 6. The highest BCUT2D eigenvalue weighted by Gasteiger charge is 2.26. The molecule has 0 aliphatic carbocycles. The minimum absolute atomic E-state index is 0.125. The third kappa shape index (κ3) is 2.43. The van der Waals surface area contributed by atoms with E-state index >= 15 is 0 Å². The first kappa shape index (κ1) is 13.9. The zero-order chi connectivity index (χ0) is 15.7. The number of hydrogen-bond donors (Lipinski definition) is 1. The predicted octanol–water partition coefficient (Wildman–Crippen LogP) is 1.35. The molecule has 1 N–H and O–H groups in total. The monoisotopic (exact) mass is 304 g/mol. The number of carbonyl (C=O) groups is 1. The molecule has 9 heteroatoms. The highest BCUT2D eigenvalue weighted by Crippen LogP contribution is 2.32. The second-order valence-corrected chi connectivity index (χ2v) is 4.60. The van der Waals surface area contributed by atoms with Crippen LogP contribution in [0, 0.1) is 10.1 Å². The van der Waals surface area contributed by atoms with Crippen molar-refractivity contribution in [1.82, 2.24) is 9.55 Å². The summed E-state index contributed by atoms with van der Waals surface area (Å²) in [6.07, 6.45) is 1.22. The number of ether oxygens (including phenoxy) is 2. The van der Waals surface area contributed by atoms with Gasteiger partial charge in [0, 0.05) is 18.8 Å². The molecule has 1 aliphatic heterocycles. The molecule has 2 heterocycles. The fraction of sp³-hybridized carbons (Fsp3) is 0.231. The lowest BCUT2D eigenvalue weighted by Crippen LogP contribution is -2.18. The van der Waals surface area contributed by atoms with Crippen LogP contribution in [-0.4, -0.2) is 33.6 Å². The number of carbonyl (C=O) groups excluding carboxylic acids is 1. The molecular weight excluding hydrogens is 292 g/mol. The van der Waals surface area contributed by atoms with Crippen molar-refractivity contribution in [3.8, 4) is 11.5 Å². The van der Waals surface area contributed by atoms with Gasteiger partial charge in [-0.1, -0.05) is 0 Å². The number of fused-ring (bicyclic) bond motifs is 1. The lowest BCUT2D eigenvalue weighted by molar-refractivity contribution is -0.389. The number of nitrogens with one attached hydrogen (secondary N) is 1. The largest absolute Gasteiger partial charge is 0.486 e. The average Bonchev–Trinajstić information content (AvgIpc) is 2.89. The van der Waals surface area contributed by atoms with E-state index in [-0.39, 0.29) is 5.69 Å². The molecule has 0 saturated carbocycles. The van der Waals surface area contributed by atoms with Crippen LogP contribution >= 0.6 is 0 Å². The molecule has 1 aromatic carbocycles. The van der Waals surface area contributed by atoms with Crippen LogP contribution in [-0.2, 0) is 7.05 Å². The van der Waals surface area contributed by atoms with Gasteiger partial charge >= 0.3 is 5.82 Å². The zero-order valence-electron chi connectivity index (χ0n) is 11.6. The summed E-state index contributed by atoms with van der Waals surface area (Å²) in [5.74, 6) is 0.000222. The number of anilines is 1. The standard InChI is InChI=1S/C13H12N4O5/c1-16-7-14-12(17(19)20)11(16)13(18)15-8-2-3-9-10(6-8)22-5-4-21-9/h2-3,6-7H,4-5H2,1H3,(H,15,18). The molecule has 2 aromatic rings. The van der Waals surface area contributed by atoms with Gasteiger partial charge < -0.3 is 29.5 Å². The molecule has 0 atom stereocenters. The lowest BCUT2D eigenvalue weighted by atomic mass is 10.2. The summed E-state index contributed by atoms with van der Waals surface area (Å²) in [7, 11) is 1.51. The maximum Gasteiger partial charge on any atom is 0.394 e. The van der Waals surface area contributed by atoms with Crippen LogP contribution < -0.4 is 14.8 Å². The molecule has 0 bridgehead atoms. The van der Waals surface area contributed by atoms with E-state index in [1.54, 1.807) is 18.2 Å². The Kier molecular flexibility index (Phi) is 3.37. The molecule has 114 valence electrons. The van der Waals surface area contributed by atoms with Crippen molar-refractivity contribution in [3.63, 3.8) is 0 Å². The van der Waals surface area contributed by atoms with Crippen molar-refractivity contribution in [2.75, 3.05) is 18.5 Å². The summed E-state index contributed by atoms with van der Waals surface area (Å²) in [4.78, 5) is 26.0. The summed E-state index contributed by atoms with van der Waals surface area (Å²) in [6.45, 7) is 0.900. The Morgan fingerprint density at radius 2 is 2.09 bits per heavy atom. The maximum atomic E-state index is 12.2. The molecule has 1 aromatic heterocycles. The zero-order valence-corrected chi connectivity index (χ0v) is 11.6. The van der Waals surface area contributed by atoms with Gasteiger partial charge in [-0.25, -0.2) is 0 Å². The molecule has 0 radical (unpaired) electrons. The Bertz CT molecular complexity index is 755. The van der Waals surface area contributed by atoms with Crippen LogP contribution in [0.2, 0.25) is 0 Å². The predicted molar refractivity (Wildman–Crippen MR) is 75.2 cm³/mol. The van der Waals surface area contributed by atoms with E-state index in [4.69, 9.17) is 9.47 Å². The van der Waals surface area contributed by atoms with Gasteiger partial charge in [-0.3, -0.25) is 4.79 Å². The maximum absolute atomic E-state index is 12.2. The Morgan fingerprint density at radius 1 is 1.36 bits per heavy atom. The van der Waals surface area contributed by atoms with Crippen molar-refractivity contribution in [2.24, 2.45) is 7.05 Å². The molecule has 3 rings (SSSR count). The summed E-state index contributed by atoms with van der Waals surface area (Å²) in [5, 5.41) is 13.5. The van der Waals surface area contributed by atoms with E-state index in [0.29, 0.717) is 30.4 Å². The van der Waals surface area contributed by atoms with Crippen LogP contribution in [0.25, 0.3) is 0 Å². The Morgan fingerprint density at radius 3 is 2.82 bits per heavy atom. The number of aromatic nitrogens is 2. The van der Waals surface area contributed by atoms with Crippen LogP contribution in [0.15, 0.2) is 24.5 Å². The van der Waals surface area contributed by atoms with Crippen molar-refractivity contribution in [1.29, 1.82) is 0 Å². The highest BCUT2D eigenvalue weighted by molar-refractivity contribution is 6.05. The van der Waals surface area contributed by atoms with Crippen molar-refractivity contribution in [3.05, 3.63) is 40.3 Å². The van der Waals surface area contributed by atoms with Gasteiger partial charge in [0.25, 0.3) is 5.91 Å². The van der Waals surface area contributed by atoms with Crippen LogP contribution in [0.5, 0.6) is 11.5 Å². The first-order chi connectivity index (χ1) is 10.6. The first-order valence-electron chi connectivity index (χ1n) is 6.43. The number of benzene rings is 1. The van der Waals surface area contributed by atoms with E-state index in [9.17, 15) is 14.9 Å². The molecular formula is C13H12N4O5. The molecule has 1 amide bonds. The average molecular weight is 304 g/mol. The van der Waals surface area contributed by atoms with Crippen LogP contribution in [0.3, 0.4) is 0 Å².